The van der Waals surface area contributed by atoms with E-state index in [2.05, 4.69) is 81.9 Å². The molecule has 3 rings (SSSR count). The average Bonchev–Trinajstić information content (AvgIpc) is 2.91. The molecule has 0 radical (unpaired) electrons. The van der Waals surface area contributed by atoms with Crippen molar-refractivity contribution in [2.24, 2.45) is 28.7 Å². The SMILES string of the molecule is Cc1ccc2n(C)c(-c3ccc(/C=C/C=N/N=C(N)N)cc3)c[n+]2c1. The van der Waals surface area contributed by atoms with Crippen LogP contribution < -0.4 is 15.9 Å². The predicted molar refractivity (Wildman–Crippen MR) is 102 cm³/mol. The number of hydrogen-bond acceptors (Lipinski definition) is 2. The molecule has 0 amide bonds. The van der Waals surface area contributed by atoms with Gasteiger partial charge in [-0.1, -0.05) is 18.2 Å². The van der Waals surface area contributed by atoms with Crippen LogP contribution >= 0.6 is 0 Å². The molecular formula is C19H21N6+. The lowest BCUT2D eigenvalue weighted by molar-refractivity contribution is -0.510. The number of nitrogens with two attached hydrogens (primary N) is 2. The number of fused-ring (bicyclic) bond motifs is 1. The summed E-state index contributed by atoms with van der Waals surface area (Å²) in [5.41, 5.74) is 16.2. The summed E-state index contributed by atoms with van der Waals surface area (Å²) in [4.78, 5) is 0. The number of benzene rings is 1. The van der Waals surface area contributed by atoms with Crippen molar-refractivity contribution in [2.75, 3.05) is 0 Å². The minimum Gasteiger partial charge on any atom is -0.369 e. The first-order valence-corrected chi connectivity index (χ1v) is 7.91. The number of rotatable bonds is 4. The topological polar surface area (TPSA) is 85.8 Å². The first kappa shape index (κ1) is 16.4. The van der Waals surface area contributed by atoms with Crippen LogP contribution in [0, 0.1) is 6.92 Å². The molecule has 0 atom stereocenters. The number of aryl methyl sites for hydroxylation is 2. The highest BCUT2D eigenvalue weighted by Crippen LogP contribution is 2.20. The zero-order valence-corrected chi connectivity index (χ0v) is 14.3. The van der Waals surface area contributed by atoms with Gasteiger partial charge in [0.2, 0.25) is 5.96 Å². The van der Waals surface area contributed by atoms with E-state index >= 15 is 0 Å². The molecule has 0 saturated heterocycles. The van der Waals surface area contributed by atoms with Gasteiger partial charge in [0.25, 0.3) is 5.65 Å². The fourth-order valence-electron chi connectivity index (χ4n) is 2.68. The molecule has 0 bridgehead atoms. The Labute approximate surface area is 146 Å². The fraction of sp³-hybridized carbons (Fsp3) is 0.105. The van der Waals surface area contributed by atoms with Gasteiger partial charge in [0, 0.05) is 17.8 Å². The third kappa shape index (κ3) is 3.74. The lowest BCUT2D eigenvalue weighted by atomic mass is 10.1. The predicted octanol–water partition coefficient (Wildman–Crippen LogP) is 2.01. The molecule has 4 N–H and O–H groups in total. The van der Waals surface area contributed by atoms with Crippen LogP contribution in [0.1, 0.15) is 11.1 Å². The van der Waals surface area contributed by atoms with Gasteiger partial charge in [0.15, 0.2) is 5.69 Å². The maximum atomic E-state index is 5.19. The van der Waals surface area contributed by atoms with E-state index in [-0.39, 0.29) is 5.96 Å². The van der Waals surface area contributed by atoms with E-state index in [1.165, 1.54) is 11.8 Å². The molecule has 0 aliphatic carbocycles. The Morgan fingerprint density at radius 3 is 2.56 bits per heavy atom. The van der Waals surface area contributed by atoms with Gasteiger partial charge in [0.05, 0.1) is 13.2 Å². The monoisotopic (exact) mass is 333 g/mol. The van der Waals surface area contributed by atoms with E-state index in [0.29, 0.717) is 0 Å². The summed E-state index contributed by atoms with van der Waals surface area (Å²) >= 11 is 0. The van der Waals surface area contributed by atoms with Crippen LogP contribution in [0.25, 0.3) is 23.0 Å². The summed E-state index contributed by atoms with van der Waals surface area (Å²) < 4.78 is 4.34. The maximum absolute atomic E-state index is 5.19. The highest BCUT2D eigenvalue weighted by Gasteiger charge is 2.15. The summed E-state index contributed by atoms with van der Waals surface area (Å²) in [5, 5.41) is 7.25. The zero-order chi connectivity index (χ0) is 17.8. The maximum Gasteiger partial charge on any atom is 0.286 e. The molecule has 126 valence electrons. The van der Waals surface area contributed by atoms with Crippen LogP contribution in [0.5, 0.6) is 0 Å². The van der Waals surface area contributed by atoms with Crippen LogP contribution in [0.4, 0.5) is 0 Å². The number of guanidine groups is 1. The Kier molecular flexibility index (Phi) is 4.61. The Morgan fingerprint density at radius 2 is 1.84 bits per heavy atom. The molecule has 2 aromatic heterocycles. The zero-order valence-electron chi connectivity index (χ0n) is 14.3. The van der Waals surface area contributed by atoms with Gasteiger partial charge < -0.3 is 11.5 Å². The first-order chi connectivity index (χ1) is 12.0. The first-order valence-electron chi connectivity index (χ1n) is 7.91. The van der Waals surface area contributed by atoms with Crippen LogP contribution in [0.2, 0.25) is 0 Å². The second kappa shape index (κ2) is 7.00. The molecule has 25 heavy (non-hydrogen) atoms. The van der Waals surface area contributed by atoms with Crippen LogP contribution in [0.15, 0.2) is 65.1 Å². The van der Waals surface area contributed by atoms with Gasteiger partial charge in [0.1, 0.15) is 6.20 Å². The number of hydrogen-bond donors (Lipinski definition) is 2. The minimum absolute atomic E-state index is 0.0583. The van der Waals surface area contributed by atoms with Crippen molar-refractivity contribution in [1.82, 2.24) is 4.57 Å². The Hall–Kier alpha value is -3.41. The number of imidazole rings is 1. The standard InChI is InChI=1S/C19H21N6/c1-14-5-10-18-24(2)17(13-25(18)12-14)16-8-6-15(7-9-16)4-3-11-22-23-19(20)21/h3-13H,1-2H3,(H4,20,21,23)/q+1/b4-3+,22-11+. The lowest BCUT2D eigenvalue weighted by Gasteiger charge is -1.98. The summed E-state index contributed by atoms with van der Waals surface area (Å²) in [6.07, 6.45) is 9.55. The highest BCUT2D eigenvalue weighted by molar-refractivity contribution is 5.80. The molecule has 0 fully saturated rings. The number of aromatic nitrogens is 2. The molecule has 2 heterocycles. The third-order valence-corrected chi connectivity index (χ3v) is 3.89. The molecule has 0 saturated carbocycles. The smallest absolute Gasteiger partial charge is 0.286 e. The van der Waals surface area contributed by atoms with Crippen molar-refractivity contribution in [3.8, 4) is 11.3 Å². The molecule has 0 spiro atoms. The van der Waals surface area contributed by atoms with E-state index in [0.717, 1.165) is 22.5 Å². The lowest BCUT2D eigenvalue weighted by Crippen LogP contribution is -2.21. The summed E-state index contributed by atoms with van der Waals surface area (Å²) in [6, 6.07) is 12.6. The third-order valence-electron chi connectivity index (χ3n) is 3.89. The van der Waals surface area contributed by atoms with Gasteiger partial charge in [-0.15, -0.1) is 5.10 Å². The van der Waals surface area contributed by atoms with E-state index < -0.39 is 0 Å². The van der Waals surface area contributed by atoms with E-state index in [9.17, 15) is 0 Å². The molecule has 6 heteroatoms. The van der Waals surface area contributed by atoms with Crippen molar-refractivity contribution < 1.29 is 4.40 Å². The van der Waals surface area contributed by atoms with Crippen molar-refractivity contribution in [3.63, 3.8) is 0 Å². The molecule has 6 nitrogen and oxygen atoms in total. The second-order valence-corrected chi connectivity index (χ2v) is 5.82. The molecule has 0 aliphatic rings. The largest absolute Gasteiger partial charge is 0.369 e. The fourth-order valence-corrected chi connectivity index (χ4v) is 2.68. The highest BCUT2D eigenvalue weighted by atomic mass is 15.3. The normalized spacial score (nSPS) is 11.6. The van der Waals surface area contributed by atoms with Crippen molar-refractivity contribution in [2.45, 2.75) is 6.92 Å². The van der Waals surface area contributed by atoms with Crippen molar-refractivity contribution in [1.29, 1.82) is 0 Å². The second-order valence-electron chi connectivity index (χ2n) is 5.82. The van der Waals surface area contributed by atoms with Gasteiger partial charge >= 0.3 is 0 Å². The van der Waals surface area contributed by atoms with Gasteiger partial charge in [-0.05, 0) is 42.3 Å². The van der Waals surface area contributed by atoms with Crippen LogP contribution in [-0.4, -0.2) is 16.7 Å². The Balaban J connectivity index is 1.83. The van der Waals surface area contributed by atoms with E-state index in [1.807, 2.05) is 6.08 Å². The molecule has 0 unspecified atom stereocenters. The average molecular weight is 333 g/mol. The van der Waals surface area contributed by atoms with Crippen molar-refractivity contribution >= 4 is 23.9 Å². The minimum atomic E-state index is -0.0583. The number of pyridine rings is 1. The molecular weight excluding hydrogens is 312 g/mol. The van der Waals surface area contributed by atoms with Gasteiger partial charge in [-0.3, -0.25) is 0 Å². The summed E-state index contributed by atoms with van der Waals surface area (Å²) in [7, 11) is 2.08. The molecule has 0 aliphatic heterocycles. The quantitative estimate of drug-likeness (QED) is 0.331. The van der Waals surface area contributed by atoms with Gasteiger partial charge in [-0.2, -0.15) is 5.10 Å². The van der Waals surface area contributed by atoms with Crippen molar-refractivity contribution in [3.05, 3.63) is 66.0 Å². The number of allylic oxidation sites excluding steroid dienone is 1. The van der Waals surface area contributed by atoms with Crippen LogP contribution in [0.3, 0.4) is 0 Å². The number of nitrogens with zero attached hydrogens (tertiary/aromatic N) is 4. The Bertz CT molecular complexity index is 973. The summed E-state index contributed by atoms with van der Waals surface area (Å²) in [6.45, 7) is 2.09. The van der Waals surface area contributed by atoms with E-state index in [1.54, 1.807) is 6.08 Å². The van der Waals surface area contributed by atoms with Crippen LogP contribution in [-0.2, 0) is 7.05 Å². The summed E-state index contributed by atoms with van der Waals surface area (Å²) in [5.74, 6) is -0.0583. The van der Waals surface area contributed by atoms with Gasteiger partial charge in [-0.25, -0.2) is 8.97 Å². The molecule has 1 aromatic carbocycles. The van der Waals surface area contributed by atoms with E-state index in [4.69, 9.17) is 11.5 Å². The Morgan fingerprint density at radius 1 is 1.08 bits per heavy atom. The molecule has 3 aromatic rings.